The molecule has 0 heterocycles. The van der Waals surface area contributed by atoms with Gasteiger partial charge in [-0.15, -0.1) is 0 Å². The molecule has 0 radical (unpaired) electrons. The highest BCUT2D eigenvalue weighted by atomic mass is 32.2. The second-order valence-corrected chi connectivity index (χ2v) is 17.8. The maximum absolute atomic E-state index is 13.6. The fourth-order valence-corrected chi connectivity index (χ4v) is 11.1. The molecule has 6 aliphatic rings. The number of alkyl halides is 2. The number of hydrogen-bond donors (Lipinski definition) is 0. The molecular formula is C40H45F3O6S2. The Bertz CT molecular complexity index is 1750. The molecule has 0 amide bonds. The molecule has 0 saturated heterocycles. The minimum absolute atomic E-state index is 0.126. The predicted octanol–water partition coefficient (Wildman–Crippen LogP) is 8.78. The van der Waals surface area contributed by atoms with E-state index >= 15 is 0 Å². The maximum atomic E-state index is 13.6. The van der Waals surface area contributed by atoms with Gasteiger partial charge in [-0.25, -0.2) is 8.42 Å². The third-order valence-electron chi connectivity index (χ3n) is 12.3. The van der Waals surface area contributed by atoms with Crippen LogP contribution in [-0.2, 0) is 36.5 Å². The summed E-state index contributed by atoms with van der Waals surface area (Å²) >= 11 is -0.203. The summed E-state index contributed by atoms with van der Waals surface area (Å²) in [5.41, 5.74) is 3.92. The number of halogens is 3. The molecule has 3 aromatic carbocycles. The predicted molar refractivity (Wildman–Crippen MR) is 190 cm³/mol. The molecule has 0 aromatic heterocycles. The maximum Gasteiger partial charge on any atom is 0.357 e. The average Bonchev–Trinajstić information content (AvgIpc) is 3.75. The van der Waals surface area contributed by atoms with Crippen molar-refractivity contribution in [1.82, 2.24) is 0 Å². The zero-order valence-electron chi connectivity index (χ0n) is 28.5. The fourth-order valence-electron chi connectivity index (χ4n) is 10.4. The van der Waals surface area contributed by atoms with Crippen molar-refractivity contribution in [2.75, 3.05) is 13.2 Å². The van der Waals surface area contributed by atoms with E-state index in [-0.39, 0.29) is 36.1 Å². The molecule has 6 fully saturated rings. The molecule has 11 heteroatoms. The van der Waals surface area contributed by atoms with E-state index in [2.05, 4.69) is 12.1 Å². The molecule has 0 aliphatic heterocycles. The van der Waals surface area contributed by atoms with Crippen LogP contribution in [0.3, 0.4) is 0 Å². The number of esters is 1. The van der Waals surface area contributed by atoms with Crippen LogP contribution in [0.25, 0.3) is 22.3 Å². The molecule has 274 valence electrons. The van der Waals surface area contributed by atoms with Crippen LogP contribution in [0, 0.1) is 40.9 Å². The van der Waals surface area contributed by atoms with Crippen LogP contribution in [-0.4, -0.2) is 43.5 Å². The van der Waals surface area contributed by atoms with Crippen LogP contribution in [0.5, 0.6) is 0 Å². The molecule has 3 aromatic rings. The summed E-state index contributed by atoms with van der Waals surface area (Å²) in [6, 6.07) is 25.9. The number of benzene rings is 3. The van der Waals surface area contributed by atoms with Crippen LogP contribution in [0.1, 0.15) is 64.2 Å². The van der Waals surface area contributed by atoms with Crippen molar-refractivity contribution in [1.29, 1.82) is 0 Å². The fraction of sp³-hybridized carbons (Fsp3) is 0.525. The standard InChI is InChI=1S/C22H32F2O6S.C18H13FS/c23-22(24,31(26,27)28)12-29-11-19(30-20(25)18-7-13-1-2-17(18)6-13)21-8-14-3-15(9-21)5-16(4-14)10-21;19-20-17-13-7-12-16(14-8-3-1-4-9-14)18(17)15-10-5-2-6-11-15/h13-19H,1-12H2,(H,26,27,28);1-13H. The van der Waals surface area contributed by atoms with E-state index in [0.717, 1.165) is 67.2 Å². The van der Waals surface area contributed by atoms with Gasteiger partial charge >= 0.3 is 11.2 Å². The number of hydrogen-bond acceptors (Lipinski definition) is 6. The lowest BCUT2D eigenvalue weighted by Crippen LogP contribution is -2.54. The normalized spacial score (nSPS) is 29.7. The third kappa shape index (κ3) is 7.78. The van der Waals surface area contributed by atoms with Gasteiger partial charge in [0.2, 0.25) is 17.0 Å². The van der Waals surface area contributed by atoms with Crippen molar-refractivity contribution < 1.29 is 39.9 Å². The highest BCUT2D eigenvalue weighted by Crippen LogP contribution is 2.62. The first kappa shape index (κ1) is 36.5. The van der Waals surface area contributed by atoms with E-state index < -0.39 is 28.1 Å². The van der Waals surface area contributed by atoms with Gasteiger partial charge in [0.05, 0.1) is 12.5 Å². The highest BCUT2D eigenvalue weighted by Gasteiger charge is 2.56. The van der Waals surface area contributed by atoms with Gasteiger partial charge in [-0.1, -0.05) is 79.2 Å². The van der Waals surface area contributed by atoms with Crippen molar-refractivity contribution in [2.45, 2.75) is 80.5 Å². The minimum Gasteiger partial charge on any atom is -0.743 e. The lowest BCUT2D eigenvalue weighted by atomic mass is 9.48. The Hall–Kier alpha value is -2.86. The van der Waals surface area contributed by atoms with Gasteiger partial charge in [0.1, 0.15) is 12.7 Å². The van der Waals surface area contributed by atoms with E-state index in [9.17, 15) is 30.4 Å². The van der Waals surface area contributed by atoms with E-state index in [1.165, 1.54) is 19.3 Å². The van der Waals surface area contributed by atoms with E-state index in [0.29, 0.717) is 34.5 Å². The van der Waals surface area contributed by atoms with Crippen molar-refractivity contribution in [3.63, 3.8) is 0 Å². The summed E-state index contributed by atoms with van der Waals surface area (Å²) in [5, 5.41) is -4.49. The molecule has 9 rings (SSSR count). The zero-order valence-corrected chi connectivity index (χ0v) is 30.2. The van der Waals surface area contributed by atoms with Crippen LogP contribution in [0.15, 0.2) is 83.8 Å². The summed E-state index contributed by atoms with van der Waals surface area (Å²) in [7, 11) is -5.80. The Labute approximate surface area is 302 Å². The number of thiol groups is 1. The SMILES string of the molecule is F[SH+]c1cccc(-c2ccccc2)c1-c1ccccc1.O=C(OC(COCC(F)(F)S(=O)(=O)[O-])C12CC3CC(CC(C3)C1)C2)C1CC2CCC1C2. The molecule has 0 spiro atoms. The van der Waals surface area contributed by atoms with Crippen molar-refractivity contribution >= 4 is 28.2 Å². The van der Waals surface area contributed by atoms with Gasteiger partial charge < -0.3 is 14.0 Å². The molecular weight excluding hydrogens is 698 g/mol. The molecule has 6 saturated carbocycles. The molecule has 0 N–H and O–H groups in total. The lowest BCUT2D eigenvalue weighted by Gasteiger charge is -2.58. The number of rotatable bonds is 11. The second kappa shape index (κ2) is 14.9. The average molecular weight is 743 g/mol. The number of ether oxygens (including phenoxy) is 2. The van der Waals surface area contributed by atoms with Crippen LogP contribution >= 0.6 is 0 Å². The summed E-state index contributed by atoms with van der Waals surface area (Å²) in [5.74, 6) is 2.26. The van der Waals surface area contributed by atoms with Gasteiger partial charge in [-0.3, -0.25) is 4.79 Å². The quantitative estimate of drug-likeness (QED) is 0.0845. The Kier molecular flexibility index (Phi) is 10.6. The number of fused-ring (bicyclic) bond motifs is 2. The van der Waals surface area contributed by atoms with Gasteiger partial charge in [0.15, 0.2) is 10.1 Å². The van der Waals surface area contributed by atoms with Crippen LogP contribution < -0.4 is 0 Å². The summed E-state index contributed by atoms with van der Waals surface area (Å²) in [6.45, 7) is -1.79. The Morgan fingerprint density at radius 3 is 1.96 bits per heavy atom. The monoisotopic (exact) mass is 742 g/mol. The van der Waals surface area contributed by atoms with E-state index in [1.54, 1.807) is 0 Å². The Morgan fingerprint density at radius 2 is 1.43 bits per heavy atom. The first-order chi connectivity index (χ1) is 24.4. The molecule has 4 atom stereocenters. The first-order valence-electron chi connectivity index (χ1n) is 18.1. The van der Waals surface area contributed by atoms with E-state index in [4.69, 9.17) is 9.47 Å². The Balaban J connectivity index is 0.000000175. The van der Waals surface area contributed by atoms with Gasteiger partial charge in [-0.05, 0) is 110 Å². The lowest BCUT2D eigenvalue weighted by molar-refractivity contribution is -0.190. The van der Waals surface area contributed by atoms with Gasteiger partial charge in [0.25, 0.3) is 0 Å². The van der Waals surface area contributed by atoms with Crippen molar-refractivity contribution in [3.05, 3.63) is 78.9 Å². The number of carbonyl (C=O) groups is 1. The summed E-state index contributed by atoms with van der Waals surface area (Å²) in [6.07, 6.45) is 9.66. The van der Waals surface area contributed by atoms with Crippen molar-refractivity contribution in [2.24, 2.45) is 40.9 Å². The van der Waals surface area contributed by atoms with Crippen LogP contribution in [0.4, 0.5) is 12.7 Å². The topological polar surface area (TPSA) is 92.7 Å². The largest absolute Gasteiger partial charge is 0.743 e. The van der Waals surface area contributed by atoms with Crippen molar-refractivity contribution in [3.8, 4) is 22.3 Å². The smallest absolute Gasteiger partial charge is 0.357 e. The zero-order chi connectivity index (χ0) is 35.8. The molecule has 6 nitrogen and oxygen atoms in total. The first-order valence-corrected chi connectivity index (χ1v) is 20.3. The highest BCUT2D eigenvalue weighted by molar-refractivity contribution is 7.86. The summed E-state index contributed by atoms with van der Waals surface area (Å²) < 4.78 is 84.1. The van der Waals surface area contributed by atoms with Gasteiger partial charge in [0, 0.05) is 14.9 Å². The molecule has 51 heavy (non-hydrogen) atoms. The summed E-state index contributed by atoms with van der Waals surface area (Å²) in [4.78, 5) is 13.8. The van der Waals surface area contributed by atoms with Crippen LogP contribution in [0.2, 0.25) is 0 Å². The minimum atomic E-state index is -5.80. The molecule has 6 bridgehead atoms. The second-order valence-electron chi connectivity index (χ2n) is 15.6. The number of carbonyl (C=O) groups excluding carboxylic acids is 1. The Morgan fingerprint density at radius 1 is 0.824 bits per heavy atom. The van der Waals surface area contributed by atoms with E-state index in [1.807, 2.05) is 66.7 Å². The third-order valence-corrected chi connectivity index (χ3v) is 13.7. The van der Waals surface area contributed by atoms with Gasteiger partial charge in [-0.2, -0.15) is 8.78 Å². The molecule has 6 aliphatic carbocycles. The molecule has 4 unspecified atom stereocenters.